The van der Waals surface area contributed by atoms with Crippen LogP contribution < -0.4 is 52.0 Å². The van der Waals surface area contributed by atoms with Gasteiger partial charge in [-0.25, -0.2) is 120 Å². The molecule has 0 saturated carbocycles. The molecule has 0 fully saturated rings. The highest BCUT2D eigenvalue weighted by Gasteiger charge is 2.38. The van der Waals surface area contributed by atoms with Crippen LogP contribution in [0.5, 0.6) is 5.75 Å². The Balaban J connectivity index is 0.000000528. The van der Waals surface area contributed by atoms with Crippen molar-refractivity contribution in [1.29, 1.82) is 5.26 Å². The van der Waals surface area contributed by atoms with Crippen LogP contribution in [0.1, 0.15) is 22.3 Å². The molecule has 2 aromatic heterocycles. The average molecular weight is 2190 g/mol. The van der Waals surface area contributed by atoms with Crippen molar-refractivity contribution in [3.8, 4) is 11.8 Å². The Bertz CT molecular complexity index is 7230. The molecule has 0 aliphatic rings. The summed E-state index contributed by atoms with van der Waals surface area (Å²) in [6.07, 6.45) is -0.447. The number of rotatable bonds is 22. The first-order valence-electron chi connectivity index (χ1n) is 36.5. The van der Waals surface area contributed by atoms with Crippen LogP contribution in [-0.4, -0.2) is 169 Å². The molecule has 0 radical (unpaired) electrons. The number of para-hydroxylation sites is 2. The van der Waals surface area contributed by atoms with Crippen molar-refractivity contribution in [2.75, 3.05) is 117 Å². The van der Waals surface area contributed by atoms with E-state index in [1.165, 1.54) is 54.7 Å². The number of sulfonamides is 10. The van der Waals surface area contributed by atoms with Gasteiger partial charge in [0.1, 0.15) is 28.9 Å². The fourth-order valence-corrected chi connectivity index (χ4v) is 14.8. The lowest BCUT2D eigenvalue weighted by Gasteiger charge is -2.14. The monoisotopic (exact) mass is 2190 g/mol. The first-order chi connectivity index (χ1) is 63.6. The van der Waals surface area contributed by atoms with Gasteiger partial charge in [-0.1, -0.05) is 54.6 Å². The summed E-state index contributed by atoms with van der Waals surface area (Å²) in [5.41, 5.74) is -3.77. The number of nitro benzene ring substituents is 1. The molecule has 63 heteroatoms. The number of fused-ring (bicyclic) bond motifs is 1. The second kappa shape index (κ2) is 52.0. The van der Waals surface area contributed by atoms with Crippen LogP contribution in [0.2, 0.25) is 0 Å². The molecule has 11 aromatic rings. The van der Waals surface area contributed by atoms with Gasteiger partial charge in [-0.15, -0.1) is 0 Å². The zero-order valence-corrected chi connectivity index (χ0v) is 81.3. The summed E-state index contributed by atoms with van der Waals surface area (Å²) in [4.78, 5) is 17.2. The highest BCUT2D eigenvalue weighted by molar-refractivity contribution is 7.94. The van der Waals surface area contributed by atoms with Crippen LogP contribution in [0.15, 0.2) is 225 Å². The molecule has 37 nitrogen and oxygen atoms in total. The van der Waals surface area contributed by atoms with E-state index in [2.05, 4.69) is 43.0 Å². The molecule has 2 heterocycles. The van der Waals surface area contributed by atoms with Crippen LogP contribution in [0.3, 0.4) is 0 Å². The predicted molar refractivity (Wildman–Crippen MR) is 495 cm³/mol. The Labute approximate surface area is 793 Å². The largest absolute Gasteiger partial charge is 0.495 e. The van der Waals surface area contributed by atoms with E-state index in [4.69, 9.17) is 10.00 Å². The second-order valence-corrected chi connectivity index (χ2v) is 44.8. The van der Waals surface area contributed by atoms with Crippen LogP contribution in [-0.2, 0) is 119 Å². The number of ether oxygens (including phenoxy) is 1. The Morgan fingerprint density at radius 3 is 1.07 bits per heavy atom. The molecule has 0 aliphatic carbocycles. The Morgan fingerprint density at radius 2 is 0.686 bits per heavy atom. The number of hydrogen-bond donors (Lipinski definition) is 10. The lowest BCUT2D eigenvalue weighted by Crippen LogP contribution is -2.15. The third-order valence-corrected chi connectivity index (χ3v) is 20.2. The summed E-state index contributed by atoms with van der Waals surface area (Å²) in [5, 5.41) is 20.7. The van der Waals surface area contributed by atoms with E-state index < -0.39 is 192 Å². The predicted octanol–water partition coefficient (Wildman–Crippen LogP) is 14.3. The molecule has 0 amide bonds. The molecule has 0 unspecified atom stereocenters. The third-order valence-electron chi connectivity index (χ3n) is 14.3. The van der Waals surface area contributed by atoms with Gasteiger partial charge < -0.3 is 4.74 Å². The van der Waals surface area contributed by atoms with Gasteiger partial charge in [0.2, 0.25) is 106 Å². The number of benzene rings is 9. The molecule has 768 valence electrons. The van der Waals surface area contributed by atoms with Crippen molar-refractivity contribution in [1.82, 2.24) is 9.97 Å². The minimum absolute atomic E-state index is 0.0796. The molecule has 0 atom stereocenters. The summed E-state index contributed by atoms with van der Waals surface area (Å²) in [6.45, 7) is 0. The fourth-order valence-electron chi connectivity index (χ4n) is 9.20. The van der Waals surface area contributed by atoms with Gasteiger partial charge in [0, 0.05) is 64.9 Å². The topological polar surface area (TPSA) is 564 Å². The van der Waals surface area contributed by atoms with Gasteiger partial charge in [0.05, 0.1) is 126 Å². The van der Waals surface area contributed by atoms with Gasteiger partial charge in [-0.3, -0.25) is 62.3 Å². The fraction of sp³-hybridized carbons (Fsp3) is 0.182. The molecule has 0 aliphatic heterocycles. The first kappa shape index (κ1) is 123. The minimum Gasteiger partial charge on any atom is -0.495 e. The van der Waals surface area contributed by atoms with E-state index in [-0.39, 0.29) is 35.3 Å². The van der Waals surface area contributed by atoms with Crippen LogP contribution in [0.25, 0.3) is 10.8 Å². The summed E-state index contributed by atoms with van der Waals surface area (Å²) in [5.74, 6) is -12.1. The van der Waals surface area contributed by atoms with E-state index in [0.717, 1.165) is 97.2 Å². The van der Waals surface area contributed by atoms with Gasteiger partial charge >= 0.3 is 18.5 Å². The number of nitro groups is 1. The number of nitriles is 1. The molecular weight excluding hydrogens is 2110 g/mol. The van der Waals surface area contributed by atoms with Crippen molar-refractivity contribution >= 4 is 174 Å². The van der Waals surface area contributed by atoms with Crippen LogP contribution >= 0.6 is 0 Å². The number of nitrogens with one attached hydrogen (secondary N) is 10. The normalized spacial score (nSPS) is 11.6. The number of halogens is 16. The summed E-state index contributed by atoms with van der Waals surface area (Å²) in [6, 6.07) is 48.3. The summed E-state index contributed by atoms with van der Waals surface area (Å²) < 4.78 is 441. The van der Waals surface area contributed by atoms with E-state index in [1.807, 2.05) is 47.2 Å². The Kier molecular flexibility index (Phi) is 45.6. The zero-order valence-electron chi connectivity index (χ0n) is 73.2. The Hall–Kier alpha value is -13.4. The summed E-state index contributed by atoms with van der Waals surface area (Å²) >= 11 is 0. The zero-order chi connectivity index (χ0) is 108. The van der Waals surface area contributed by atoms with Gasteiger partial charge in [0.15, 0.2) is 23.3 Å². The maximum atomic E-state index is 12.9. The quantitative estimate of drug-likeness (QED) is 0.00990. The van der Waals surface area contributed by atoms with Crippen molar-refractivity contribution < 1.29 is 164 Å². The number of aromatic nitrogens is 2. The molecule has 0 spiro atoms. The molecule has 11 rings (SSSR count). The lowest BCUT2D eigenvalue weighted by atomic mass is 10.1. The van der Waals surface area contributed by atoms with Crippen LogP contribution in [0.4, 0.5) is 133 Å². The number of hydrogen-bond acceptors (Lipinski definition) is 26. The van der Waals surface area contributed by atoms with Crippen molar-refractivity contribution in [3.05, 3.63) is 298 Å². The highest BCUT2D eigenvalue weighted by Crippen LogP contribution is 2.39. The van der Waals surface area contributed by atoms with E-state index in [9.17, 15) is 165 Å². The molecule has 9 aromatic carbocycles. The van der Waals surface area contributed by atoms with Gasteiger partial charge in [0.25, 0.3) is 5.69 Å². The smallest absolute Gasteiger partial charge is 0.416 e. The van der Waals surface area contributed by atoms with E-state index in [0.29, 0.717) is 64.1 Å². The molecule has 0 bridgehead atoms. The molecule has 0 saturated heterocycles. The van der Waals surface area contributed by atoms with Crippen molar-refractivity contribution in [3.63, 3.8) is 0 Å². The second-order valence-electron chi connectivity index (χ2n) is 27.4. The Morgan fingerprint density at radius 1 is 0.336 bits per heavy atom. The molecule has 140 heavy (non-hydrogen) atoms. The maximum Gasteiger partial charge on any atom is 0.416 e. The number of alkyl halides is 9. The molecule has 10 N–H and O–H groups in total. The molecular formula is C77H80F16N14O23S10. The SMILES string of the molecule is COc1ccccc1NS(C)(=O)=O.CS(=O)(=O)Nc1c(F)c(F)c(F)c(F)c1F.CS(=O)(=O)Nc1cc(C(F)(F)F)cc(C(F)(F)F)c1.CS(=O)(=O)Nc1ccc(C#N)cc1.CS(=O)(=O)Nc1ccc(C(F)(F)F)cc1.CS(=O)(=O)Nc1ccc(F)cc1F.CS(=O)(=O)Nc1ccc([N+](=O)[O-])cc1.CS(=O)(=O)Nc1cccc2ccccc12.CS(=O)(=O)Nc1ccccn1.CS(=O)(=O)Nc1ccncc1. The lowest BCUT2D eigenvalue weighted by molar-refractivity contribution is -0.384. The van der Waals surface area contributed by atoms with Gasteiger partial charge in [-0.2, -0.15) is 44.8 Å². The van der Waals surface area contributed by atoms with Crippen molar-refractivity contribution in [2.45, 2.75) is 18.5 Å². The standard InChI is InChI=1S/C11H11NO2S.C9H7F6NO2S.C8H8F3NO2S.C8H8N2O2S.C8H11NO3S.C7H4F5NO2S.C7H7F2NO2S.C7H8N2O4S.2C6H8N2O2S/c1-15(13,14)12-11-8-4-6-9-5-2-3-7-10(9)11;1-19(17,18)16-7-3-5(8(10,11)12)2-6(4-7)9(13,14)15;1-15(13,14)12-7-4-2-6(3-5-7)8(9,10)11;1-13(11,12)10-8-4-2-7(6-9)3-5-8;1-12-8-6-4-3-5-7(8)9-13(2,10)11;1-16(14,15)13-7-5(11)3(9)2(8)4(10)6(7)12;1-13(11,12)10-7-3-2-5(8)4-6(7)9;1-14(12,13)8-6-2-4-7(5-3-6)9(10)11;1-11(9,10)8-6-2-4-7-5-3-6;1-11(9,10)8-6-4-2-3-5-7-6/h2-8,12H,1H3;2-4,16H,1H3;2-5,12H,1H3;2-5,10H,1H3;3-6,9H,1-2H3;13H,1H3;2-4,10H,1H3;2-5,8H,1H3;2*2-5H,1H3,(H,7,8). The minimum atomic E-state index is -5.02. The van der Waals surface area contributed by atoms with Crippen LogP contribution in [0, 0.1) is 62.2 Å². The number of methoxy groups -OCH3 is 1. The highest BCUT2D eigenvalue weighted by atomic mass is 32.2. The number of nitrogens with zero attached hydrogens (tertiary/aromatic N) is 4. The van der Waals surface area contributed by atoms with Gasteiger partial charge in [-0.05, 0) is 139 Å². The van der Waals surface area contributed by atoms with Crippen molar-refractivity contribution in [2.24, 2.45) is 0 Å². The third kappa shape index (κ3) is 53.0. The number of anilines is 10. The number of non-ortho nitro benzene ring substituents is 1. The van der Waals surface area contributed by atoms with E-state index in [1.54, 1.807) is 89.7 Å². The first-order valence-corrected chi connectivity index (χ1v) is 55.4. The average Bonchev–Trinajstić information content (AvgIpc) is 0.799. The summed E-state index contributed by atoms with van der Waals surface area (Å²) in [7, 11) is -33.0. The van der Waals surface area contributed by atoms with E-state index >= 15 is 0 Å². The maximum absolute atomic E-state index is 12.9. The number of pyridine rings is 2.